The van der Waals surface area contributed by atoms with Gasteiger partial charge in [-0.05, 0) is 18.2 Å². The number of aromatic nitrogens is 1. The summed E-state index contributed by atoms with van der Waals surface area (Å²) in [5.74, 6) is -0.291. The largest absolute Gasteiger partial charge is 0.464 e. The standard InChI is InChI=1S/C14H15NO3S/c1-12(16)18-10-9-15-8-7-14(11-15)19(17)13-5-3-2-4-6-13/h2-8,11H,9-10H2,1H3. The first kappa shape index (κ1) is 13.5. The predicted molar refractivity (Wildman–Crippen MR) is 72.2 cm³/mol. The minimum atomic E-state index is -1.17. The van der Waals surface area contributed by atoms with Crippen molar-refractivity contribution in [3.05, 3.63) is 48.8 Å². The van der Waals surface area contributed by atoms with E-state index < -0.39 is 10.8 Å². The van der Waals surface area contributed by atoms with Crippen LogP contribution in [0.2, 0.25) is 0 Å². The Hall–Kier alpha value is -1.88. The Morgan fingerprint density at radius 2 is 1.95 bits per heavy atom. The minimum absolute atomic E-state index is 0.291. The number of esters is 1. The van der Waals surface area contributed by atoms with E-state index in [9.17, 15) is 9.00 Å². The average molecular weight is 277 g/mol. The number of carbonyl (C=O) groups is 1. The molecule has 0 aliphatic carbocycles. The van der Waals surface area contributed by atoms with Crippen molar-refractivity contribution in [2.45, 2.75) is 23.3 Å². The summed E-state index contributed by atoms with van der Waals surface area (Å²) in [6.45, 7) is 2.26. The van der Waals surface area contributed by atoms with Crippen molar-refractivity contribution in [2.75, 3.05) is 6.61 Å². The molecule has 2 aromatic rings. The summed E-state index contributed by atoms with van der Waals surface area (Å²) in [6.07, 6.45) is 3.65. The average Bonchev–Trinajstić information content (AvgIpc) is 2.87. The second kappa shape index (κ2) is 6.33. The Morgan fingerprint density at radius 1 is 1.21 bits per heavy atom. The summed E-state index contributed by atoms with van der Waals surface area (Å²) in [5, 5.41) is 0. The summed E-state index contributed by atoms with van der Waals surface area (Å²) < 4.78 is 19.0. The van der Waals surface area contributed by atoms with E-state index in [1.54, 1.807) is 0 Å². The molecular weight excluding hydrogens is 262 g/mol. The lowest BCUT2D eigenvalue weighted by Gasteiger charge is -2.03. The molecule has 0 bridgehead atoms. The Morgan fingerprint density at radius 3 is 2.63 bits per heavy atom. The van der Waals surface area contributed by atoms with Crippen LogP contribution in [0, 0.1) is 0 Å². The zero-order valence-electron chi connectivity index (χ0n) is 10.6. The second-order valence-corrected chi connectivity index (χ2v) is 5.49. The molecule has 0 amide bonds. The molecule has 1 aromatic carbocycles. The first-order valence-electron chi connectivity index (χ1n) is 5.93. The maximum absolute atomic E-state index is 12.3. The molecule has 1 aromatic heterocycles. The fraction of sp³-hybridized carbons (Fsp3) is 0.214. The fourth-order valence-corrected chi connectivity index (χ4v) is 2.73. The van der Waals surface area contributed by atoms with Crippen LogP contribution >= 0.6 is 0 Å². The maximum Gasteiger partial charge on any atom is 0.302 e. The molecule has 0 N–H and O–H groups in total. The smallest absolute Gasteiger partial charge is 0.302 e. The topological polar surface area (TPSA) is 48.3 Å². The SMILES string of the molecule is CC(=O)OCCn1ccc(S(=O)c2ccccc2)c1. The summed E-state index contributed by atoms with van der Waals surface area (Å²) in [7, 11) is -1.17. The normalized spacial score (nSPS) is 12.1. The quantitative estimate of drug-likeness (QED) is 0.787. The first-order chi connectivity index (χ1) is 9.16. The van der Waals surface area contributed by atoms with E-state index >= 15 is 0 Å². The fourth-order valence-electron chi connectivity index (χ4n) is 1.64. The molecule has 0 saturated carbocycles. The van der Waals surface area contributed by atoms with Crippen molar-refractivity contribution in [3.8, 4) is 0 Å². The van der Waals surface area contributed by atoms with Gasteiger partial charge in [0.25, 0.3) is 0 Å². The van der Waals surface area contributed by atoms with Crippen LogP contribution in [0.15, 0.2) is 58.6 Å². The molecule has 0 saturated heterocycles. The summed E-state index contributed by atoms with van der Waals surface area (Å²) >= 11 is 0. The van der Waals surface area contributed by atoms with Gasteiger partial charge in [-0.2, -0.15) is 0 Å². The number of benzene rings is 1. The maximum atomic E-state index is 12.3. The molecule has 1 heterocycles. The number of hydrogen-bond donors (Lipinski definition) is 0. The lowest BCUT2D eigenvalue weighted by atomic mass is 10.4. The molecule has 5 heteroatoms. The first-order valence-corrected chi connectivity index (χ1v) is 7.08. The molecule has 1 atom stereocenters. The van der Waals surface area contributed by atoms with E-state index in [0.29, 0.717) is 13.2 Å². The van der Waals surface area contributed by atoms with Gasteiger partial charge in [-0.3, -0.25) is 4.79 Å². The number of nitrogens with zero attached hydrogens (tertiary/aromatic N) is 1. The van der Waals surface area contributed by atoms with Crippen molar-refractivity contribution in [1.82, 2.24) is 4.57 Å². The Balaban J connectivity index is 2.01. The second-order valence-electron chi connectivity index (χ2n) is 4.01. The Bertz CT molecular complexity index is 577. The van der Waals surface area contributed by atoms with Crippen molar-refractivity contribution in [2.24, 2.45) is 0 Å². The van der Waals surface area contributed by atoms with Gasteiger partial charge in [0.15, 0.2) is 0 Å². The molecule has 0 aliphatic heterocycles. The van der Waals surface area contributed by atoms with E-state index in [4.69, 9.17) is 4.74 Å². The van der Waals surface area contributed by atoms with E-state index in [0.717, 1.165) is 9.79 Å². The molecule has 19 heavy (non-hydrogen) atoms. The van der Waals surface area contributed by atoms with Gasteiger partial charge in [0.2, 0.25) is 0 Å². The van der Waals surface area contributed by atoms with Gasteiger partial charge in [0, 0.05) is 24.2 Å². The third kappa shape index (κ3) is 3.79. The molecular formula is C14H15NO3S. The van der Waals surface area contributed by atoms with Crippen molar-refractivity contribution in [1.29, 1.82) is 0 Å². The monoisotopic (exact) mass is 277 g/mol. The van der Waals surface area contributed by atoms with Gasteiger partial charge < -0.3 is 9.30 Å². The lowest BCUT2D eigenvalue weighted by molar-refractivity contribution is -0.141. The highest BCUT2D eigenvalue weighted by molar-refractivity contribution is 7.85. The summed E-state index contributed by atoms with van der Waals surface area (Å²) in [4.78, 5) is 12.2. The van der Waals surface area contributed by atoms with Gasteiger partial charge >= 0.3 is 5.97 Å². The number of ether oxygens (including phenoxy) is 1. The molecule has 0 aliphatic rings. The van der Waals surface area contributed by atoms with Crippen molar-refractivity contribution < 1.29 is 13.7 Å². The van der Waals surface area contributed by atoms with Gasteiger partial charge in [-0.1, -0.05) is 18.2 Å². The van der Waals surface area contributed by atoms with Crippen molar-refractivity contribution in [3.63, 3.8) is 0 Å². The van der Waals surface area contributed by atoms with Crippen LogP contribution in [0.4, 0.5) is 0 Å². The highest BCUT2D eigenvalue weighted by Gasteiger charge is 2.08. The summed E-state index contributed by atoms with van der Waals surface area (Å²) in [5.41, 5.74) is 0. The van der Waals surface area contributed by atoms with Crippen LogP contribution in [0.3, 0.4) is 0 Å². The minimum Gasteiger partial charge on any atom is -0.464 e. The number of carbonyl (C=O) groups excluding carboxylic acids is 1. The van der Waals surface area contributed by atoms with Crippen LogP contribution in [0.25, 0.3) is 0 Å². The Labute approximate surface area is 114 Å². The van der Waals surface area contributed by atoms with Gasteiger partial charge in [-0.15, -0.1) is 0 Å². The van der Waals surface area contributed by atoms with Crippen LogP contribution < -0.4 is 0 Å². The highest BCUT2D eigenvalue weighted by Crippen LogP contribution is 2.16. The van der Waals surface area contributed by atoms with Crippen LogP contribution in [0.1, 0.15) is 6.92 Å². The van der Waals surface area contributed by atoms with Crippen molar-refractivity contribution >= 4 is 16.8 Å². The third-order valence-corrected chi connectivity index (χ3v) is 3.92. The van der Waals surface area contributed by atoms with Crippen LogP contribution in [-0.4, -0.2) is 21.4 Å². The van der Waals surface area contributed by atoms with Crippen LogP contribution in [0.5, 0.6) is 0 Å². The predicted octanol–water partition coefficient (Wildman–Crippen LogP) is 2.22. The molecule has 1 unspecified atom stereocenters. The zero-order valence-corrected chi connectivity index (χ0v) is 11.4. The molecule has 0 spiro atoms. The third-order valence-electron chi connectivity index (χ3n) is 2.55. The lowest BCUT2D eigenvalue weighted by Crippen LogP contribution is -2.07. The van der Waals surface area contributed by atoms with E-state index in [1.165, 1.54) is 6.92 Å². The highest BCUT2D eigenvalue weighted by atomic mass is 32.2. The Kier molecular flexibility index (Phi) is 4.52. The van der Waals surface area contributed by atoms with E-state index in [2.05, 4.69) is 0 Å². The van der Waals surface area contributed by atoms with E-state index in [1.807, 2.05) is 53.4 Å². The van der Waals surface area contributed by atoms with Gasteiger partial charge in [0.05, 0.1) is 22.2 Å². The summed E-state index contributed by atoms with van der Waals surface area (Å²) in [6, 6.07) is 11.1. The number of hydrogen-bond acceptors (Lipinski definition) is 3. The van der Waals surface area contributed by atoms with E-state index in [-0.39, 0.29) is 5.97 Å². The van der Waals surface area contributed by atoms with Crippen LogP contribution in [-0.2, 0) is 26.9 Å². The molecule has 0 fully saturated rings. The molecule has 4 nitrogen and oxygen atoms in total. The molecule has 2 rings (SSSR count). The molecule has 0 radical (unpaired) electrons. The van der Waals surface area contributed by atoms with Gasteiger partial charge in [-0.25, -0.2) is 4.21 Å². The van der Waals surface area contributed by atoms with Gasteiger partial charge in [0.1, 0.15) is 6.61 Å². The number of rotatable bonds is 5. The molecule has 100 valence electrons. The zero-order chi connectivity index (χ0) is 13.7.